The average molecular weight is 206 g/mol. The summed E-state index contributed by atoms with van der Waals surface area (Å²) >= 11 is 0. The lowest BCUT2D eigenvalue weighted by Gasteiger charge is -2.06. The predicted molar refractivity (Wildman–Crippen MR) is 60.1 cm³/mol. The fourth-order valence-electron chi connectivity index (χ4n) is 2.15. The van der Waals surface area contributed by atoms with Crippen LogP contribution in [0.15, 0.2) is 4.79 Å². The SMILES string of the molecule is CCc1c(C)nc(C2CC2(C)C)[nH]c1=O. The Morgan fingerprint density at radius 1 is 1.53 bits per heavy atom. The average Bonchev–Trinajstić information content (AvgIpc) is 2.74. The number of hydrogen-bond donors (Lipinski definition) is 1. The molecular formula is C12H18N2O. The second-order valence-corrected chi connectivity index (χ2v) is 5.11. The zero-order valence-corrected chi connectivity index (χ0v) is 9.85. The molecule has 0 aliphatic heterocycles. The summed E-state index contributed by atoms with van der Waals surface area (Å²) < 4.78 is 0. The molecule has 1 N–H and O–H groups in total. The van der Waals surface area contributed by atoms with Gasteiger partial charge in [-0.2, -0.15) is 0 Å². The fourth-order valence-corrected chi connectivity index (χ4v) is 2.15. The lowest BCUT2D eigenvalue weighted by Crippen LogP contribution is -2.18. The van der Waals surface area contributed by atoms with Crippen molar-refractivity contribution in [2.24, 2.45) is 5.41 Å². The van der Waals surface area contributed by atoms with Crippen LogP contribution in [0.3, 0.4) is 0 Å². The maximum absolute atomic E-state index is 11.7. The lowest BCUT2D eigenvalue weighted by molar-refractivity contribution is 0.605. The molecule has 15 heavy (non-hydrogen) atoms. The van der Waals surface area contributed by atoms with Gasteiger partial charge in [0.1, 0.15) is 5.82 Å². The largest absolute Gasteiger partial charge is 0.310 e. The first-order valence-electron chi connectivity index (χ1n) is 5.55. The minimum absolute atomic E-state index is 0.0442. The van der Waals surface area contributed by atoms with E-state index < -0.39 is 0 Å². The van der Waals surface area contributed by atoms with Gasteiger partial charge in [0, 0.05) is 17.2 Å². The first-order chi connectivity index (χ1) is 6.95. The van der Waals surface area contributed by atoms with Crippen LogP contribution in [0.25, 0.3) is 0 Å². The summed E-state index contributed by atoms with van der Waals surface area (Å²) in [6.45, 7) is 8.33. The van der Waals surface area contributed by atoms with Gasteiger partial charge in [0.25, 0.3) is 5.56 Å². The molecule has 0 spiro atoms. The van der Waals surface area contributed by atoms with E-state index in [0.29, 0.717) is 11.3 Å². The van der Waals surface area contributed by atoms with Crippen LogP contribution in [-0.2, 0) is 6.42 Å². The molecule has 2 rings (SSSR count). The van der Waals surface area contributed by atoms with E-state index >= 15 is 0 Å². The second-order valence-electron chi connectivity index (χ2n) is 5.11. The molecule has 1 aliphatic rings. The van der Waals surface area contributed by atoms with Gasteiger partial charge in [0.2, 0.25) is 0 Å². The van der Waals surface area contributed by atoms with Crippen LogP contribution in [0.2, 0.25) is 0 Å². The van der Waals surface area contributed by atoms with Gasteiger partial charge in [0.15, 0.2) is 0 Å². The Labute approximate surface area is 89.9 Å². The molecule has 1 atom stereocenters. The van der Waals surface area contributed by atoms with Crippen molar-refractivity contribution < 1.29 is 0 Å². The molecule has 0 amide bonds. The molecule has 82 valence electrons. The molecule has 1 aromatic rings. The monoisotopic (exact) mass is 206 g/mol. The molecule has 1 heterocycles. The van der Waals surface area contributed by atoms with E-state index in [9.17, 15) is 4.79 Å². The smallest absolute Gasteiger partial charge is 0.254 e. The highest BCUT2D eigenvalue weighted by molar-refractivity contribution is 5.22. The van der Waals surface area contributed by atoms with E-state index in [2.05, 4.69) is 23.8 Å². The Bertz CT molecular complexity index is 445. The highest BCUT2D eigenvalue weighted by atomic mass is 16.1. The number of aromatic nitrogens is 2. The van der Waals surface area contributed by atoms with Crippen LogP contribution in [0.1, 0.15) is 50.2 Å². The molecule has 0 radical (unpaired) electrons. The van der Waals surface area contributed by atoms with Crippen LogP contribution in [0, 0.1) is 12.3 Å². The van der Waals surface area contributed by atoms with Crippen LogP contribution in [-0.4, -0.2) is 9.97 Å². The molecule has 0 aromatic carbocycles. The van der Waals surface area contributed by atoms with E-state index in [1.807, 2.05) is 13.8 Å². The number of aryl methyl sites for hydroxylation is 1. The number of nitrogens with zero attached hydrogens (tertiary/aromatic N) is 1. The first-order valence-corrected chi connectivity index (χ1v) is 5.55. The first kappa shape index (κ1) is 10.4. The van der Waals surface area contributed by atoms with E-state index in [0.717, 1.165) is 29.9 Å². The van der Waals surface area contributed by atoms with Crippen LogP contribution in [0.5, 0.6) is 0 Å². The van der Waals surface area contributed by atoms with Crippen LogP contribution in [0.4, 0.5) is 0 Å². The Kier molecular flexibility index (Phi) is 2.21. The zero-order valence-electron chi connectivity index (χ0n) is 9.85. The molecular weight excluding hydrogens is 188 g/mol. The van der Waals surface area contributed by atoms with Crippen molar-refractivity contribution in [2.45, 2.75) is 46.5 Å². The minimum Gasteiger partial charge on any atom is -0.310 e. The fraction of sp³-hybridized carbons (Fsp3) is 0.667. The van der Waals surface area contributed by atoms with Gasteiger partial charge in [-0.15, -0.1) is 0 Å². The molecule has 1 saturated carbocycles. The summed E-state index contributed by atoms with van der Waals surface area (Å²) in [5.74, 6) is 1.31. The summed E-state index contributed by atoms with van der Waals surface area (Å²) in [5.41, 5.74) is 2.06. The lowest BCUT2D eigenvalue weighted by atomic mass is 10.1. The number of hydrogen-bond acceptors (Lipinski definition) is 2. The molecule has 1 unspecified atom stereocenters. The summed E-state index contributed by atoms with van der Waals surface area (Å²) in [6, 6.07) is 0. The summed E-state index contributed by atoms with van der Waals surface area (Å²) in [6.07, 6.45) is 1.88. The van der Waals surface area contributed by atoms with Crippen molar-refractivity contribution in [3.63, 3.8) is 0 Å². The van der Waals surface area contributed by atoms with Crippen molar-refractivity contribution in [1.82, 2.24) is 9.97 Å². The molecule has 1 aliphatic carbocycles. The minimum atomic E-state index is 0.0442. The topological polar surface area (TPSA) is 45.8 Å². The Balaban J connectivity index is 2.41. The maximum atomic E-state index is 11.7. The Morgan fingerprint density at radius 2 is 2.13 bits per heavy atom. The van der Waals surface area contributed by atoms with Gasteiger partial charge in [-0.1, -0.05) is 20.8 Å². The quantitative estimate of drug-likeness (QED) is 0.806. The summed E-state index contributed by atoms with van der Waals surface area (Å²) in [5, 5.41) is 0. The molecule has 1 aromatic heterocycles. The molecule has 0 saturated heterocycles. The van der Waals surface area contributed by atoms with Gasteiger partial charge < -0.3 is 4.98 Å². The summed E-state index contributed by atoms with van der Waals surface area (Å²) in [4.78, 5) is 19.2. The third kappa shape index (κ3) is 1.71. The van der Waals surface area contributed by atoms with Gasteiger partial charge in [-0.05, 0) is 25.2 Å². The zero-order chi connectivity index (χ0) is 11.2. The third-order valence-corrected chi connectivity index (χ3v) is 3.44. The predicted octanol–water partition coefficient (Wildman–Crippen LogP) is 2.15. The molecule has 1 fully saturated rings. The highest BCUT2D eigenvalue weighted by Gasteiger charge is 2.48. The number of H-pyrrole nitrogens is 1. The van der Waals surface area contributed by atoms with E-state index in [4.69, 9.17) is 0 Å². The van der Waals surface area contributed by atoms with E-state index in [-0.39, 0.29) is 5.56 Å². The van der Waals surface area contributed by atoms with E-state index in [1.54, 1.807) is 0 Å². The number of rotatable bonds is 2. The third-order valence-electron chi connectivity index (χ3n) is 3.44. The Morgan fingerprint density at radius 3 is 2.53 bits per heavy atom. The molecule has 0 bridgehead atoms. The van der Waals surface area contributed by atoms with E-state index in [1.165, 1.54) is 0 Å². The molecule has 3 heteroatoms. The van der Waals surface area contributed by atoms with Crippen LogP contribution < -0.4 is 5.56 Å². The van der Waals surface area contributed by atoms with Crippen molar-refractivity contribution in [3.8, 4) is 0 Å². The van der Waals surface area contributed by atoms with Gasteiger partial charge in [0.05, 0.1) is 0 Å². The van der Waals surface area contributed by atoms with Gasteiger partial charge in [-0.25, -0.2) is 4.98 Å². The van der Waals surface area contributed by atoms with Gasteiger partial charge >= 0.3 is 0 Å². The Hall–Kier alpha value is -1.12. The maximum Gasteiger partial charge on any atom is 0.254 e. The van der Waals surface area contributed by atoms with Crippen molar-refractivity contribution in [1.29, 1.82) is 0 Å². The second kappa shape index (κ2) is 3.19. The number of nitrogens with one attached hydrogen (secondary N) is 1. The van der Waals surface area contributed by atoms with Crippen molar-refractivity contribution in [3.05, 3.63) is 27.4 Å². The standard InChI is InChI=1S/C12H18N2O/c1-5-8-7(2)13-10(14-11(8)15)9-6-12(9,3)4/h9H,5-6H2,1-4H3,(H,13,14,15). The normalized spacial score (nSPS) is 22.8. The van der Waals surface area contributed by atoms with Crippen LogP contribution >= 0.6 is 0 Å². The van der Waals surface area contributed by atoms with Gasteiger partial charge in [-0.3, -0.25) is 4.79 Å². The molecule has 3 nitrogen and oxygen atoms in total. The van der Waals surface area contributed by atoms with Crippen molar-refractivity contribution >= 4 is 0 Å². The summed E-state index contributed by atoms with van der Waals surface area (Å²) in [7, 11) is 0. The van der Waals surface area contributed by atoms with Crippen molar-refractivity contribution in [2.75, 3.05) is 0 Å². The highest BCUT2D eigenvalue weighted by Crippen LogP contribution is 2.57. The number of aromatic amines is 1.